The Balaban J connectivity index is 1.70. The van der Waals surface area contributed by atoms with E-state index in [0.29, 0.717) is 12.1 Å². The number of nitrogens with zero attached hydrogens (tertiary/aromatic N) is 5. The van der Waals surface area contributed by atoms with Gasteiger partial charge >= 0.3 is 0 Å². The van der Waals surface area contributed by atoms with Gasteiger partial charge in [0.2, 0.25) is 0 Å². The summed E-state index contributed by atoms with van der Waals surface area (Å²) in [7, 11) is 1.86. The SMILES string of the molecule is Cc1cc(C(=O)NC(C)c2ccn(C)n2)c2c(C)nn(Cc3ccccc3)c2n1. The van der Waals surface area contributed by atoms with Crippen LogP contribution in [0.25, 0.3) is 11.0 Å². The Labute approximate surface area is 169 Å². The lowest BCUT2D eigenvalue weighted by atomic mass is 10.1. The van der Waals surface area contributed by atoms with Crippen LogP contribution in [0.3, 0.4) is 0 Å². The fourth-order valence-corrected chi connectivity index (χ4v) is 3.54. The number of hydrogen-bond acceptors (Lipinski definition) is 4. The molecule has 0 radical (unpaired) electrons. The molecule has 4 aromatic rings. The zero-order valence-corrected chi connectivity index (χ0v) is 17.0. The van der Waals surface area contributed by atoms with E-state index in [-0.39, 0.29) is 11.9 Å². The van der Waals surface area contributed by atoms with Crippen LogP contribution in [0.1, 0.15) is 46.0 Å². The maximum absolute atomic E-state index is 13.1. The Hall–Kier alpha value is -3.48. The van der Waals surface area contributed by atoms with Crippen LogP contribution in [0.15, 0.2) is 48.7 Å². The summed E-state index contributed by atoms with van der Waals surface area (Å²) in [4.78, 5) is 17.8. The normalized spacial score (nSPS) is 12.3. The van der Waals surface area contributed by atoms with Crippen LogP contribution in [0.2, 0.25) is 0 Å². The van der Waals surface area contributed by atoms with Crippen LogP contribution >= 0.6 is 0 Å². The van der Waals surface area contributed by atoms with Crippen molar-refractivity contribution in [1.82, 2.24) is 29.9 Å². The minimum Gasteiger partial charge on any atom is -0.344 e. The summed E-state index contributed by atoms with van der Waals surface area (Å²) >= 11 is 0. The number of benzene rings is 1. The number of aromatic nitrogens is 5. The van der Waals surface area contributed by atoms with E-state index >= 15 is 0 Å². The predicted octanol–water partition coefficient (Wildman–Crippen LogP) is 3.32. The molecule has 0 aliphatic carbocycles. The van der Waals surface area contributed by atoms with Crippen molar-refractivity contribution in [3.05, 3.63) is 76.9 Å². The van der Waals surface area contributed by atoms with E-state index in [4.69, 9.17) is 0 Å². The van der Waals surface area contributed by atoms with Crippen molar-refractivity contribution in [2.75, 3.05) is 0 Å². The predicted molar refractivity (Wildman–Crippen MR) is 112 cm³/mol. The topological polar surface area (TPSA) is 77.6 Å². The number of aryl methyl sites for hydroxylation is 3. The molecule has 148 valence electrons. The second-order valence-electron chi connectivity index (χ2n) is 7.35. The van der Waals surface area contributed by atoms with Gasteiger partial charge in [0.25, 0.3) is 5.91 Å². The summed E-state index contributed by atoms with van der Waals surface area (Å²) in [5, 5.41) is 12.9. The smallest absolute Gasteiger partial charge is 0.252 e. The molecular formula is C22H24N6O. The highest BCUT2D eigenvalue weighted by atomic mass is 16.1. The average molecular weight is 388 g/mol. The van der Waals surface area contributed by atoms with E-state index in [1.165, 1.54) is 0 Å². The number of nitrogens with one attached hydrogen (secondary N) is 1. The first-order valence-corrected chi connectivity index (χ1v) is 9.61. The first-order chi connectivity index (χ1) is 13.9. The molecule has 0 fully saturated rings. The first kappa shape index (κ1) is 18.9. The first-order valence-electron chi connectivity index (χ1n) is 9.61. The average Bonchev–Trinajstić information content (AvgIpc) is 3.26. The molecule has 1 amide bonds. The van der Waals surface area contributed by atoms with E-state index in [2.05, 4.69) is 32.6 Å². The van der Waals surface area contributed by atoms with Crippen LogP contribution in [0, 0.1) is 13.8 Å². The van der Waals surface area contributed by atoms with Gasteiger partial charge in [0.1, 0.15) is 0 Å². The molecule has 0 saturated carbocycles. The summed E-state index contributed by atoms with van der Waals surface area (Å²) in [6.07, 6.45) is 1.87. The number of pyridine rings is 1. The Bertz CT molecular complexity index is 1170. The third kappa shape index (κ3) is 3.76. The van der Waals surface area contributed by atoms with E-state index in [1.807, 2.05) is 69.0 Å². The third-order valence-corrected chi connectivity index (χ3v) is 4.95. The Kier molecular flexibility index (Phi) is 4.88. The number of hydrogen-bond donors (Lipinski definition) is 1. The maximum Gasteiger partial charge on any atom is 0.252 e. The quantitative estimate of drug-likeness (QED) is 0.569. The molecule has 0 aliphatic rings. The van der Waals surface area contributed by atoms with Gasteiger partial charge in [-0.3, -0.25) is 9.48 Å². The molecule has 0 spiro atoms. The second kappa shape index (κ2) is 7.50. The highest BCUT2D eigenvalue weighted by Gasteiger charge is 2.21. The van der Waals surface area contributed by atoms with Crippen molar-refractivity contribution in [2.45, 2.75) is 33.4 Å². The van der Waals surface area contributed by atoms with Crippen molar-refractivity contribution >= 4 is 16.9 Å². The number of fused-ring (bicyclic) bond motifs is 1. The van der Waals surface area contributed by atoms with E-state index in [1.54, 1.807) is 4.68 Å². The summed E-state index contributed by atoms with van der Waals surface area (Å²) < 4.78 is 3.59. The van der Waals surface area contributed by atoms with Crippen LogP contribution in [-0.2, 0) is 13.6 Å². The van der Waals surface area contributed by atoms with Crippen LogP contribution in [-0.4, -0.2) is 30.5 Å². The van der Waals surface area contributed by atoms with E-state index in [0.717, 1.165) is 33.7 Å². The molecule has 1 aromatic carbocycles. The molecule has 7 heteroatoms. The number of carbonyl (C=O) groups excluding carboxylic acids is 1. The minimum atomic E-state index is -0.202. The molecular weight excluding hydrogens is 364 g/mol. The highest BCUT2D eigenvalue weighted by molar-refractivity contribution is 6.06. The number of carbonyl (C=O) groups is 1. The minimum absolute atomic E-state index is 0.152. The van der Waals surface area contributed by atoms with Crippen molar-refractivity contribution in [3.8, 4) is 0 Å². The molecule has 29 heavy (non-hydrogen) atoms. The summed E-state index contributed by atoms with van der Waals surface area (Å²) in [5.41, 5.74) is 4.84. The Morgan fingerprint density at radius 1 is 1.14 bits per heavy atom. The van der Waals surface area contributed by atoms with Gasteiger partial charge in [-0.05, 0) is 38.5 Å². The molecule has 3 aromatic heterocycles. The van der Waals surface area contributed by atoms with Crippen LogP contribution < -0.4 is 5.32 Å². The molecule has 4 rings (SSSR count). The molecule has 7 nitrogen and oxygen atoms in total. The van der Waals surface area contributed by atoms with Gasteiger partial charge in [-0.15, -0.1) is 0 Å². The van der Waals surface area contributed by atoms with Crippen molar-refractivity contribution in [3.63, 3.8) is 0 Å². The molecule has 1 N–H and O–H groups in total. The zero-order valence-electron chi connectivity index (χ0n) is 17.0. The van der Waals surface area contributed by atoms with Crippen LogP contribution in [0.4, 0.5) is 0 Å². The van der Waals surface area contributed by atoms with Gasteiger partial charge in [-0.25, -0.2) is 9.67 Å². The summed E-state index contributed by atoms with van der Waals surface area (Å²) in [6.45, 7) is 6.34. The van der Waals surface area contributed by atoms with E-state index < -0.39 is 0 Å². The summed E-state index contributed by atoms with van der Waals surface area (Å²) in [5.74, 6) is -0.152. The van der Waals surface area contributed by atoms with Gasteiger partial charge in [0, 0.05) is 18.9 Å². The van der Waals surface area contributed by atoms with Crippen molar-refractivity contribution in [1.29, 1.82) is 0 Å². The number of amides is 1. The maximum atomic E-state index is 13.1. The lowest BCUT2D eigenvalue weighted by Gasteiger charge is -2.13. The molecule has 1 unspecified atom stereocenters. The molecule has 0 aliphatic heterocycles. The molecule has 0 bridgehead atoms. The Morgan fingerprint density at radius 2 is 1.90 bits per heavy atom. The van der Waals surface area contributed by atoms with Gasteiger partial charge in [0.05, 0.1) is 34.9 Å². The third-order valence-electron chi connectivity index (χ3n) is 4.95. The van der Waals surface area contributed by atoms with Gasteiger partial charge in [-0.1, -0.05) is 30.3 Å². The molecule has 1 atom stereocenters. The monoisotopic (exact) mass is 388 g/mol. The fraction of sp³-hybridized carbons (Fsp3) is 0.273. The van der Waals surface area contributed by atoms with Gasteiger partial charge in [-0.2, -0.15) is 10.2 Å². The van der Waals surface area contributed by atoms with Crippen molar-refractivity contribution in [2.24, 2.45) is 7.05 Å². The molecule has 3 heterocycles. The second-order valence-corrected chi connectivity index (χ2v) is 7.35. The molecule has 0 saturated heterocycles. The van der Waals surface area contributed by atoms with Gasteiger partial charge < -0.3 is 5.32 Å². The fourth-order valence-electron chi connectivity index (χ4n) is 3.54. The van der Waals surface area contributed by atoms with E-state index in [9.17, 15) is 4.79 Å². The zero-order chi connectivity index (χ0) is 20.5. The number of rotatable bonds is 5. The van der Waals surface area contributed by atoms with Gasteiger partial charge in [0.15, 0.2) is 5.65 Å². The lowest BCUT2D eigenvalue weighted by molar-refractivity contribution is 0.0940. The lowest BCUT2D eigenvalue weighted by Crippen LogP contribution is -2.27. The highest BCUT2D eigenvalue weighted by Crippen LogP contribution is 2.24. The Morgan fingerprint density at radius 3 is 2.59 bits per heavy atom. The summed E-state index contributed by atoms with van der Waals surface area (Å²) in [6, 6.07) is 13.6. The standard InChI is InChI=1S/C22H24N6O/c1-14-12-18(22(29)24-15(2)19-10-11-27(4)26-19)20-16(3)25-28(21(20)23-14)13-17-8-6-5-7-9-17/h5-12,15H,13H2,1-4H3,(H,24,29). The van der Waals surface area contributed by atoms with Crippen LogP contribution in [0.5, 0.6) is 0 Å². The van der Waals surface area contributed by atoms with Crippen molar-refractivity contribution < 1.29 is 4.79 Å². The largest absolute Gasteiger partial charge is 0.344 e.